The molecule has 3 aliphatic rings. The minimum Gasteiger partial charge on any atom is -0.324 e. The average molecular weight is 373 g/mol. The van der Waals surface area contributed by atoms with Crippen LogP contribution in [0.1, 0.15) is 39.7 Å². The molecule has 3 unspecified atom stereocenters. The van der Waals surface area contributed by atoms with E-state index in [1.807, 2.05) is 27.7 Å². The summed E-state index contributed by atoms with van der Waals surface area (Å²) < 4.78 is 14.0. The molecule has 144 valence electrons. The van der Waals surface area contributed by atoms with E-state index in [0.717, 1.165) is 0 Å². The van der Waals surface area contributed by atoms with E-state index in [4.69, 9.17) is 0 Å². The number of benzene rings is 1. The molecule has 0 aromatic heterocycles. The quantitative estimate of drug-likeness (QED) is 0.795. The van der Waals surface area contributed by atoms with Gasteiger partial charge in [-0.05, 0) is 37.5 Å². The van der Waals surface area contributed by atoms with Crippen LogP contribution in [0, 0.1) is 23.6 Å². The molecule has 1 spiro atoms. The van der Waals surface area contributed by atoms with Crippen molar-refractivity contribution in [3.8, 4) is 0 Å². The van der Waals surface area contributed by atoms with Crippen LogP contribution in [0.25, 0.3) is 0 Å². The van der Waals surface area contributed by atoms with E-state index < -0.39 is 29.1 Å². The van der Waals surface area contributed by atoms with E-state index in [-0.39, 0.29) is 29.8 Å². The topological polar surface area (TPSA) is 78.5 Å². The van der Waals surface area contributed by atoms with Crippen LogP contribution in [-0.4, -0.2) is 34.7 Å². The highest BCUT2D eigenvalue weighted by atomic mass is 19.1. The zero-order chi connectivity index (χ0) is 19.7. The van der Waals surface area contributed by atoms with Crippen molar-refractivity contribution in [3.05, 3.63) is 29.6 Å². The highest BCUT2D eigenvalue weighted by Crippen LogP contribution is 2.54. The third-order valence-electron chi connectivity index (χ3n) is 6.40. The maximum absolute atomic E-state index is 14.0. The molecule has 3 aliphatic heterocycles. The second-order valence-corrected chi connectivity index (χ2v) is 8.17. The van der Waals surface area contributed by atoms with Crippen molar-refractivity contribution >= 4 is 23.4 Å². The number of carbonyl (C=O) groups excluding carboxylic acids is 3. The van der Waals surface area contributed by atoms with Crippen LogP contribution in [0.4, 0.5) is 10.1 Å². The normalized spacial score (nSPS) is 33.0. The summed E-state index contributed by atoms with van der Waals surface area (Å²) in [7, 11) is 0. The third kappa shape index (κ3) is 2.18. The van der Waals surface area contributed by atoms with Gasteiger partial charge in [0.15, 0.2) is 0 Å². The summed E-state index contributed by atoms with van der Waals surface area (Å²) >= 11 is 0. The monoisotopic (exact) mass is 373 g/mol. The first-order valence-corrected chi connectivity index (χ1v) is 9.50. The molecule has 0 radical (unpaired) electrons. The summed E-state index contributed by atoms with van der Waals surface area (Å²) in [5.41, 5.74) is -0.511. The van der Waals surface area contributed by atoms with Crippen molar-refractivity contribution in [2.24, 2.45) is 17.8 Å². The summed E-state index contributed by atoms with van der Waals surface area (Å²) in [6.07, 6.45) is 0.640. The van der Waals surface area contributed by atoms with Crippen molar-refractivity contribution in [2.45, 2.75) is 51.7 Å². The molecule has 0 bridgehead atoms. The minimum absolute atomic E-state index is 0.0240. The lowest BCUT2D eigenvalue weighted by Gasteiger charge is -2.31. The summed E-state index contributed by atoms with van der Waals surface area (Å²) in [5.74, 6) is -2.93. The third-order valence-corrected chi connectivity index (χ3v) is 6.40. The van der Waals surface area contributed by atoms with Gasteiger partial charge in [-0.1, -0.05) is 20.8 Å². The molecule has 2 saturated heterocycles. The van der Waals surface area contributed by atoms with Gasteiger partial charge >= 0.3 is 0 Å². The number of nitrogens with zero attached hydrogens (tertiary/aromatic N) is 1. The molecule has 2 fully saturated rings. The Morgan fingerprint density at radius 2 is 1.89 bits per heavy atom. The van der Waals surface area contributed by atoms with Crippen molar-refractivity contribution in [1.82, 2.24) is 10.2 Å². The van der Waals surface area contributed by atoms with E-state index in [9.17, 15) is 18.8 Å². The molecular weight excluding hydrogens is 349 g/mol. The number of hydrogen-bond donors (Lipinski definition) is 2. The SMILES string of the molecule is CCC(C)N1C(=O)[C@@H]2C(C(C)C)NC3(C(=O)Nc4ccc(F)cc43)[C@@H]2C1=O. The molecule has 5 atom stereocenters. The number of anilines is 1. The fourth-order valence-corrected chi connectivity index (χ4v) is 4.92. The van der Waals surface area contributed by atoms with Gasteiger partial charge in [0.25, 0.3) is 0 Å². The number of rotatable bonds is 3. The Bertz CT molecular complexity index is 855. The number of imide groups is 1. The van der Waals surface area contributed by atoms with Gasteiger partial charge < -0.3 is 5.32 Å². The molecule has 3 heterocycles. The standard InChI is InChI=1S/C20H24FN3O3/c1-5-10(4)24-17(25)14-15(18(24)26)20(23-16(14)9(2)3)12-8-11(21)6-7-13(12)22-19(20)27/h6-10,14-16,23H,5H2,1-4H3,(H,22,27)/t10?,14-,15-,16?,20?/m0/s1. The minimum atomic E-state index is -1.41. The zero-order valence-electron chi connectivity index (χ0n) is 15.9. The van der Waals surface area contributed by atoms with E-state index in [1.54, 1.807) is 0 Å². The lowest BCUT2D eigenvalue weighted by atomic mass is 9.76. The van der Waals surface area contributed by atoms with E-state index in [1.165, 1.54) is 23.1 Å². The van der Waals surface area contributed by atoms with Crippen molar-refractivity contribution in [2.75, 3.05) is 5.32 Å². The van der Waals surface area contributed by atoms with E-state index >= 15 is 0 Å². The summed E-state index contributed by atoms with van der Waals surface area (Å²) in [6, 6.07) is 3.49. The van der Waals surface area contributed by atoms with Crippen LogP contribution < -0.4 is 10.6 Å². The number of nitrogens with one attached hydrogen (secondary N) is 2. The van der Waals surface area contributed by atoms with Crippen LogP contribution in [0.5, 0.6) is 0 Å². The Kier molecular flexibility index (Phi) is 3.93. The van der Waals surface area contributed by atoms with Gasteiger partial charge in [-0.25, -0.2) is 4.39 Å². The van der Waals surface area contributed by atoms with Crippen LogP contribution in [0.15, 0.2) is 18.2 Å². The Hall–Kier alpha value is -2.28. The van der Waals surface area contributed by atoms with Gasteiger partial charge in [-0.15, -0.1) is 0 Å². The van der Waals surface area contributed by atoms with Crippen molar-refractivity contribution in [3.63, 3.8) is 0 Å². The number of amides is 3. The van der Waals surface area contributed by atoms with E-state index in [0.29, 0.717) is 17.7 Å². The molecule has 1 aromatic carbocycles. The van der Waals surface area contributed by atoms with Crippen LogP contribution in [0.3, 0.4) is 0 Å². The highest BCUT2D eigenvalue weighted by molar-refractivity contribution is 6.15. The van der Waals surface area contributed by atoms with Crippen LogP contribution in [0.2, 0.25) is 0 Å². The number of halogens is 1. The number of hydrogen-bond acceptors (Lipinski definition) is 4. The maximum atomic E-state index is 14.0. The van der Waals surface area contributed by atoms with Crippen molar-refractivity contribution < 1.29 is 18.8 Å². The number of likely N-dealkylation sites (tertiary alicyclic amines) is 1. The average Bonchev–Trinajstić information content (AvgIpc) is 3.20. The molecule has 1 aromatic rings. The van der Waals surface area contributed by atoms with E-state index in [2.05, 4.69) is 10.6 Å². The van der Waals surface area contributed by atoms with Crippen molar-refractivity contribution in [1.29, 1.82) is 0 Å². The summed E-state index contributed by atoms with van der Waals surface area (Å²) in [4.78, 5) is 41.0. The molecule has 4 rings (SSSR count). The second-order valence-electron chi connectivity index (χ2n) is 8.17. The molecule has 0 saturated carbocycles. The molecule has 7 heteroatoms. The molecule has 3 amide bonds. The van der Waals surface area contributed by atoms with Gasteiger partial charge in [0.1, 0.15) is 11.4 Å². The predicted molar refractivity (Wildman–Crippen MR) is 97.1 cm³/mol. The second kappa shape index (κ2) is 5.86. The Balaban J connectivity index is 1.92. The summed E-state index contributed by atoms with van der Waals surface area (Å²) in [5, 5.41) is 6.07. The molecule has 2 N–H and O–H groups in total. The molecule has 27 heavy (non-hydrogen) atoms. The number of carbonyl (C=O) groups is 3. The Morgan fingerprint density at radius 1 is 1.19 bits per heavy atom. The molecule has 0 aliphatic carbocycles. The first-order valence-electron chi connectivity index (χ1n) is 9.50. The largest absolute Gasteiger partial charge is 0.324 e. The maximum Gasteiger partial charge on any atom is 0.250 e. The van der Waals surface area contributed by atoms with Crippen LogP contribution in [-0.2, 0) is 19.9 Å². The predicted octanol–water partition coefficient (Wildman–Crippen LogP) is 2.00. The zero-order valence-corrected chi connectivity index (χ0v) is 15.9. The summed E-state index contributed by atoms with van der Waals surface area (Å²) in [6.45, 7) is 7.66. The number of fused-ring (bicyclic) bond motifs is 4. The fraction of sp³-hybridized carbons (Fsp3) is 0.550. The van der Waals surface area contributed by atoms with Gasteiger partial charge in [-0.3, -0.25) is 24.6 Å². The molecule has 6 nitrogen and oxygen atoms in total. The first kappa shape index (κ1) is 18.1. The smallest absolute Gasteiger partial charge is 0.250 e. The lowest BCUT2D eigenvalue weighted by molar-refractivity contribution is -0.145. The highest BCUT2D eigenvalue weighted by Gasteiger charge is 2.71. The van der Waals surface area contributed by atoms with Gasteiger partial charge in [-0.2, -0.15) is 0 Å². The van der Waals surface area contributed by atoms with Gasteiger partial charge in [0.05, 0.1) is 11.8 Å². The van der Waals surface area contributed by atoms with Crippen LogP contribution >= 0.6 is 0 Å². The first-order chi connectivity index (χ1) is 12.7. The van der Waals surface area contributed by atoms with Gasteiger partial charge in [0, 0.05) is 23.3 Å². The molecular formula is C20H24FN3O3. The lowest BCUT2D eigenvalue weighted by Crippen LogP contribution is -2.54. The van der Waals surface area contributed by atoms with Gasteiger partial charge in [0.2, 0.25) is 17.7 Å². The fourth-order valence-electron chi connectivity index (χ4n) is 4.92. The Labute approximate surface area is 157 Å². The Morgan fingerprint density at radius 3 is 2.52 bits per heavy atom.